The Balaban J connectivity index is 1.69. The Hall–Kier alpha value is -4.09. The summed E-state index contributed by atoms with van der Waals surface area (Å²) >= 11 is 5.23. The molecule has 1 unspecified atom stereocenters. The van der Waals surface area contributed by atoms with E-state index in [0.29, 0.717) is 20.5 Å². The Bertz CT molecular complexity index is 1760. The monoisotopic (exact) mass is 764 g/mol. The van der Waals surface area contributed by atoms with E-state index in [1.807, 2.05) is 0 Å². The molecule has 1 fully saturated rings. The van der Waals surface area contributed by atoms with Crippen LogP contribution < -0.4 is 15.4 Å². The number of hydrogen-bond acceptors (Lipinski definition) is 13. The molecule has 3 heterocycles. The van der Waals surface area contributed by atoms with Crippen LogP contribution in [0.5, 0.6) is 5.75 Å². The molecular weight excluding hydrogens is 731 g/mol. The molecule has 4 amide bonds. The molecule has 0 bridgehead atoms. The maximum atomic E-state index is 16.0. The van der Waals surface area contributed by atoms with E-state index in [1.54, 1.807) is 60.7 Å². The maximum absolute atomic E-state index is 16.0. The van der Waals surface area contributed by atoms with Gasteiger partial charge in [0.1, 0.15) is 28.9 Å². The molecule has 3 aromatic rings. The molecule has 4 rings (SSSR count). The zero-order valence-corrected chi connectivity index (χ0v) is 30.6. The van der Waals surface area contributed by atoms with Crippen molar-refractivity contribution in [1.82, 2.24) is 19.9 Å². The number of rotatable bonds is 7. The minimum absolute atomic E-state index is 0.0648. The van der Waals surface area contributed by atoms with E-state index >= 15 is 4.39 Å². The number of nitrogens with two attached hydrogens (primary N) is 1. The zero-order chi connectivity index (χ0) is 35.7. The van der Waals surface area contributed by atoms with Crippen LogP contribution in [-0.4, -0.2) is 61.4 Å². The van der Waals surface area contributed by atoms with E-state index < -0.39 is 46.5 Å². The number of ether oxygens (including phenoxy) is 3. The smallest absolute Gasteiger partial charge is 0.427 e. The summed E-state index contributed by atoms with van der Waals surface area (Å²) < 4.78 is 33.1. The average molecular weight is 766 g/mol. The molecule has 1 aliphatic rings. The molecular formula is C31H34BrFN6O7S2. The second-order valence-electron chi connectivity index (χ2n) is 12.5. The summed E-state index contributed by atoms with van der Waals surface area (Å²) in [5.41, 5.74) is 4.81. The van der Waals surface area contributed by atoms with Gasteiger partial charge in [-0.05, 0) is 93.9 Å². The first-order valence-electron chi connectivity index (χ1n) is 14.4. The summed E-state index contributed by atoms with van der Waals surface area (Å²) in [7, 11) is 1.36. The van der Waals surface area contributed by atoms with Gasteiger partial charge in [-0.25, -0.2) is 28.9 Å². The van der Waals surface area contributed by atoms with Crippen LogP contribution in [0.4, 0.5) is 29.9 Å². The molecule has 2 aromatic heterocycles. The van der Waals surface area contributed by atoms with E-state index in [1.165, 1.54) is 36.9 Å². The zero-order valence-electron chi connectivity index (χ0n) is 27.4. The fourth-order valence-corrected chi connectivity index (χ4v) is 6.05. The fraction of sp³-hybridized carbons (Fsp3) is 0.387. The van der Waals surface area contributed by atoms with Gasteiger partial charge in [0, 0.05) is 48.1 Å². The minimum Gasteiger partial charge on any atom is -0.485 e. The van der Waals surface area contributed by atoms with Gasteiger partial charge in [-0.1, -0.05) is 0 Å². The number of thiazole rings is 1. The van der Waals surface area contributed by atoms with Crippen LogP contribution in [0, 0.1) is 5.82 Å². The summed E-state index contributed by atoms with van der Waals surface area (Å²) in [5, 5.41) is -0.135. The van der Waals surface area contributed by atoms with Gasteiger partial charge < -0.3 is 19.9 Å². The number of hydrogen-bond donors (Lipinski definition) is 1. The van der Waals surface area contributed by atoms with Gasteiger partial charge in [0.15, 0.2) is 5.13 Å². The van der Waals surface area contributed by atoms with Crippen molar-refractivity contribution < 1.29 is 37.8 Å². The molecule has 17 heteroatoms. The number of likely N-dealkylation sites (N-methyl/N-ethyl adjacent to an activating group) is 1. The molecule has 1 aliphatic heterocycles. The Morgan fingerprint density at radius 3 is 2.12 bits per heavy atom. The topological polar surface area (TPSA) is 167 Å². The quantitative estimate of drug-likeness (QED) is 0.236. The summed E-state index contributed by atoms with van der Waals surface area (Å²) in [4.78, 5) is 65.5. The number of nitrogens with zero attached hydrogens (tertiary/aromatic N) is 5. The van der Waals surface area contributed by atoms with Gasteiger partial charge in [0.05, 0.1) is 9.38 Å². The van der Waals surface area contributed by atoms with Gasteiger partial charge in [0.25, 0.3) is 11.1 Å². The van der Waals surface area contributed by atoms with E-state index in [-0.39, 0.29) is 38.6 Å². The summed E-state index contributed by atoms with van der Waals surface area (Å²) in [5.74, 6) is -1.32. The van der Waals surface area contributed by atoms with Crippen LogP contribution in [0.1, 0.15) is 76.1 Å². The van der Waals surface area contributed by atoms with Crippen molar-refractivity contribution in [3.8, 4) is 5.75 Å². The first-order chi connectivity index (χ1) is 22.2. The molecule has 1 aromatic carbocycles. The third kappa shape index (κ3) is 8.87. The SMILES string of the molecule is CC(Oc1cc(/C=C2\SC(=O)N(C)C2=O)c(Br)c(F)c1Cc1cnc(N)s1)c1cnc(N(C(=O)OC(C)(C)C)C(=O)OC(C)(C)C)nc1. The second-order valence-corrected chi connectivity index (χ2v) is 15.5. The highest BCUT2D eigenvalue weighted by Crippen LogP contribution is 2.39. The fourth-order valence-electron chi connectivity index (χ4n) is 4.07. The number of nitrogen functional groups attached to an aromatic ring is 1. The third-order valence-corrected chi connectivity index (χ3v) is 8.87. The van der Waals surface area contributed by atoms with Crippen molar-refractivity contribution in [3.63, 3.8) is 0 Å². The second kappa shape index (κ2) is 14.2. The molecule has 256 valence electrons. The molecule has 1 atom stereocenters. The lowest BCUT2D eigenvalue weighted by Gasteiger charge is -2.27. The molecule has 0 radical (unpaired) electrons. The van der Waals surface area contributed by atoms with Crippen molar-refractivity contribution in [3.05, 3.63) is 61.4 Å². The van der Waals surface area contributed by atoms with Crippen LogP contribution in [0.25, 0.3) is 6.08 Å². The van der Waals surface area contributed by atoms with Crippen LogP contribution in [0.2, 0.25) is 0 Å². The normalized spacial score (nSPS) is 15.1. The Labute approximate surface area is 293 Å². The average Bonchev–Trinajstić information content (AvgIpc) is 3.49. The highest BCUT2D eigenvalue weighted by Gasteiger charge is 2.35. The van der Waals surface area contributed by atoms with Crippen LogP contribution in [0.3, 0.4) is 0 Å². The van der Waals surface area contributed by atoms with Crippen LogP contribution in [0.15, 0.2) is 34.0 Å². The number of halogens is 2. The standard InChI is InChI=1S/C31H34BrFN6O7S2/c1-15(17-12-36-26(37-13-17)39(27(41)45-30(2,3)4)28(42)46-31(5,6)7)44-20-9-16(10-21-24(40)38(8)29(43)48-21)22(32)23(33)19(20)11-18-14-35-25(34)47-18/h9-10,12-15H,11H2,1-8H3,(H2,34,35)/b21-10-. The molecule has 0 saturated carbocycles. The van der Waals surface area contributed by atoms with Crippen molar-refractivity contribution >= 4 is 79.5 Å². The summed E-state index contributed by atoms with van der Waals surface area (Å²) in [6.07, 6.45) is 2.91. The van der Waals surface area contributed by atoms with Gasteiger partial charge in [-0.15, -0.1) is 16.2 Å². The van der Waals surface area contributed by atoms with Crippen molar-refractivity contribution in [2.24, 2.45) is 0 Å². The Morgan fingerprint density at radius 2 is 1.65 bits per heavy atom. The van der Waals surface area contributed by atoms with E-state index in [9.17, 15) is 19.2 Å². The third-order valence-electron chi connectivity index (χ3n) is 6.27. The van der Waals surface area contributed by atoms with E-state index in [4.69, 9.17) is 19.9 Å². The van der Waals surface area contributed by atoms with Crippen molar-refractivity contribution in [2.75, 3.05) is 17.7 Å². The first-order valence-corrected chi connectivity index (χ1v) is 16.8. The lowest BCUT2D eigenvalue weighted by atomic mass is 10.0. The van der Waals surface area contributed by atoms with Gasteiger partial charge in [-0.2, -0.15) is 0 Å². The number of amides is 4. The first kappa shape index (κ1) is 36.7. The summed E-state index contributed by atoms with van der Waals surface area (Å²) in [6, 6.07) is 1.55. The van der Waals surface area contributed by atoms with Crippen molar-refractivity contribution in [1.29, 1.82) is 0 Å². The number of imide groups is 2. The van der Waals surface area contributed by atoms with Crippen LogP contribution in [-0.2, 0) is 20.7 Å². The van der Waals surface area contributed by atoms with E-state index in [0.717, 1.165) is 16.7 Å². The molecule has 2 N–H and O–H groups in total. The number of thioether (sulfide) groups is 1. The predicted octanol–water partition coefficient (Wildman–Crippen LogP) is 7.49. The molecule has 0 aliphatic carbocycles. The van der Waals surface area contributed by atoms with E-state index in [2.05, 4.69) is 30.9 Å². The number of carbonyl (C=O) groups is 4. The molecule has 13 nitrogen and oxygen atoms in total. The lowest BCUT2D eigenvalue weighted by molar-refractivity contribution is -0.121. The molecule has 48 heavy (non-hydrogen) atoms. The summed E-state index contributed by atoms with van der Waals surface area (Å²) in [6.45, 7) is 11.6. The number of anilines is 2. The van der Waals surface area contributed by atoms with Gasteiger partial charge >= 0.3 is 12.2 Å². The van der Waals surface area contributed by atoms with Crippen molar-refractivity contribution in [2.45, 2.75) is 72.2 Å². The lowest BCUT2D eigenvalue weighted by Crippen LogP contribution is -2.44. The molecule has 1 saturated heterocycles. The maximum Gasteiger partial charge on any atom is 0.427 e. The molecule has 0 spiro atoms. The van der Waals surface area contributed by atoms with Gasteiger partial charge in [-0.3, -0.25) is 14.5 Å². The Morgan fingerprint density at radius 1 is 1.06 bits per heavy atom. The predicted molar refractivity (Wildman–Crippen MR) is 183 cm³/mol. The number of aromatic nitrogens is 3. The minimum atomic E-state index is -1.03. The number of carbonyl (C=O) groups excluding carboxylic acids is 4. The highest BCUT2D eigenvalue weighted by molar-refractivity contribution is 9.10. The van der Waals surface area contributed by atoms with Crippen LogP contribution >= 0.6 is 39.0 Å². The Kier molecular flexibility index (Phi) is 10.9. The highest BCUT2D eigenvalue weighted by atomic mass is 79.9. The van der Waals surface area contributed by atoms with Gasteiger partial charge in [0.2, 0.25) is 5.95 Å². The largest absolute Gasteiger partial charge is 0.485 e. The number of benzene rings is 1.